The predicted molar refractivity (Wildman–Crippen MR) is 101 cm³/mol. The zero-order chi connectivity index (χ0) is 18.7. The highest BCUT2D eigenvalue weighted by atomic mass is 35.5. The Morgan fingerprint density at radius 1 is 1.42 bits per heavy atom. The van der Waals surface area contributed by atoms with Crippen molar-refractivity contribution in [3.8, 4) is 0 Å². The van der Waals surface area contributed by atoms with Gasteiger partial charge in [0.1, 0.15) is 11.9 Å². The molecule has 1 aromatic carbocycles. The second-order valence-corrected chi connectivity index (χ2v) is 6.32. The van der Waals surface area contributed by atoms with Gasteiger partial charge >= 0.3 is 5.97 Å². The fourth-order valence-electron chi connectivity index (χ4n) is 3.18. The number of aromatic amines is 1. The van der Waals surface area contributed by atoms with Gasteiger partial charge in [-0.15, -0.1) is 0 Å². The number of nitrogens with two attached hydrogens (primary N) is 1. The van der Waals surface area contributed by atoms with Gasteiger partial charge in [-0.2, -0.15) is 0 Å². The number of nitrogens with one attached hydrogen (secondary N) is 2. The van der Waals surface area contributed by atoms with E-state index in [9.17, 15) is 9.90 Å². The van der Waals surface area contributed by atoms with Crippen molar-refractivity contribution in [1.29, 1.82) is 0 Å². The topological polar surface area (TPSA) is 117 Å². The normalized spacial score (nSPS) is 13.5. The Kier molecular flexibility index (Phi) is 5.39. The number of hydrogen-bond acceptors (Lipinski definition) is 5. The number of hydrogen-bond donors (Lipinski definition) is 4. The maximum atomic E-state index is 12.0. The number of carboxylic acid groups (broad SMARTS) is 1. The minimum absolute atomic E-state index is 0.0361. The lowest BCUT2D eigenvalue weighted by Crippen LogP contribution is -2.36. The molecule has 0 amide bonds. The van der Waals surface area contributed by atoms with E-state index in [0.29, 0.717) is 17.8 Å². The van der Waals surface area contributed by atoms with Gasteiger partial charge in [0.05, 0.1) is 0 Å². The molecule has 0 spiro atoms. The molecule has 3 aromatic rings. The van der Waals surface area contributed by atoms with Crippen LogP contribution in [-0.4, -0.2) is 32.1 Å². The number of fused-ring (bicyclic) bond motifs is 1. The summed E-state index contributed by atoms with van der Waals surface area (Å²) < 4.78 is 0. The van der Waals surface area contributed by atoms with Gasteiger partial charge in [-0.1, -0.05) is 25.1 Å². The Labute approximate surface area is 155 Å². The van der Waals surface area contributed by atoms with Crippen molar-refractivity contribution in [2.24, 2.45) is 5.73 Å². The van der Waals surface area contributed by atoms with E-state index in [2.05, 4.69) is 20.3 Å². The average molecular weight is 374 g/mol. The van der Waals surface area contributed by atoms with E-state index in [0.717, 1.165) is 16.5 Å². The van der Waals surface area contributed by atoms with E-state index in [1.54, 1.807) is 0 Å². The van der Waals surface area contributed by atoms with E-state index in [-0.39, 0.29) is 17.7 Å². The third kappa shape index (κ3) is 3.49. The van der Waals surface area contributed by atoms with Crippen molar-refractivity contribution in [3.63, 3.8) is 0 Å². The number of benzene rings is 1. The summed E-state index contributed by atoms with van der Waals surface area (Å²) in [6, 6.07) is 6.93. The standard InChI is InChI=1S/C18H20ClN5O2/c1-2-11(13-9-21-14-6-4-3-5-12(13)14)15(17(25)26)23-16-10(7-20)8-22-18(19)24-16/h3-6,8-9,11,15,21H,2,7,20H2,1H3,(H,25,26)(H,22,23,24). The molecule has 2 unspecified atom stereocenters. The lowest BCUT2D eigenvalue weighted by Gasteiger charge is -2.25. The zero-order valence-corrected chi connectivity index (χ0v) is 15.0. The fraction of sp³-hybridized carbons (Fsp3) is 0.278. The third-order valence-corrected chi connectivity index (χ3v) is 4.66. The summed E-state index contributed by atoms with van der Waals surface area (Å²) in [5, 5.41) is 13.9. The van der Waals surface area contributed by atoms with Crippen LogP contribution in [0.5, 0.6) is 0 Å². The van der Waals surface area contributed by atoms with Crippen LogP contribution in [0.4, 0.5) is 5.82 Å². The van der Waals surface area contributed by atoms with E-state index in [1.807, 2.05) is 37.4 Å². The highest BCUT2D eigenvalue weighted by Gasteiger charge is 2.31. The number of carbonyl (C=O) groups is 1. The van der Waals surface area contributed by atoms with Crippen LogP contribution in [0.15, 0.2) is 36.7 Å². The van der Waals surface area contributed by atoms with Gasteiger partial charge in [-0.05, 0) is 29.7 Å². The van der Waals surface area contributed by atoms with E-state index >= 15 is 0 Å². The summed E-state index contributed by atoms with van der Waals surface area (Å²) in [7, 11) is 0. The minimum atomic E-state index is -0.972. The molecule has 2 aromatic heterocycles. The Balaban J connectivity index is 2.01. The Morgan fingerprint density at radius 3 is 2.88 bits per heavy atom. The van der Waals surface area contributed by atoms with Crippen molar-refractivity contribution < 1.29 is 9.90 Å². The van der Waals surface area contributed by atoms with Crippen LogP contribution in [0.3, 0.4) is 0 Å². The van der Waals surface area contributed by atoms with Crippen molar-refractivity contribution in [3.05, 3.63) is 53.1 Å². The van der Waals surface area contributed by atoms with Crippen LogP contribution in [-0.2, 0) is 11.3 Å². The number of halogens is 1. The molecular weight excluding hydrogens is 354 g/mol. The van der Waals surface area contributed by atoms with Gasteiger partial charge in [-0.3, -0.25) is 0 Å². The molecule has 7 nitrogen and oxygen atoms in total. The summed E-state index contributed by atoms with van der Waals surface area (Å²) in [5.41, 5.74) is 8.23. The fourth-order valence-corrected chi connectivity index (χ4v) is 3.31. The van der Waals surface area contributed by atoms with Crippen molar-refractivity contribution in [1.82, 2.24) is 15.0 Å². The largest absolute Gasteiger partial charge is 0.480 e. The van der Waals surface area contributed by atoms with Gasteiger partial charge in [0.15, 0.2) is 0 Å². The molecule has 0 aliphatic rings. The lowest BCUT2D eigenvalue weighted by atomic mass is 9.88. The van der Waals surface area contributed by atoms with Crippen molar-refractivity contribution in [2.45, 2.75) is 31.8 Å². The summed E-state index contributed by atoms with van der Waals surface area (Å²) in [6.45, 7) is 2.14. The number of aromatic nitrogens is 3. The number of H-pyrrole nitrogens is 1. The highest BCUT2D eigenvalue weighted by molar-refractivity contribution is 6.28. The van der Waals surface area contributed by atoms with Crippen LogP contribution >= 0.6 is 11.6 Å². The smallest absolute Gasteiger partial charge is 0.326 e. The van der Waals surface area contributed by atoms with Crippen LogP contribution in [0, 0.1) is 0 Å². The van der Waals surface area contributed by atoms with Crippen LogP contribution in [0.1, 0.15) is 30.4 Å². The predicted octanol–water partition coefficient (Wildman–Crippen LogP) is 3.13. The highest BCUT2D eigenvalue weighted by Crippen LogP contribution is 2.32. The molecule has 0 saturated carbocycles. The SMILES string of the molecule is CCC(c1c[nH]c2ccccc12)C(Nc1nc(Cl)ncc1CN)C(=O)O. The third-order valence-electron chi connectivity index (χ3n) is 4.48. The molecule has 2 atom stereocenters. The maximum absolute atomic E-state index is 12.0. The average Bonchev–Trinajstić information content (AvgIpc) is 3.06. The molecule has 0 fully saturated rings. The van der Waals surface area contributed by atoms with E-state index in [4.69, 9.17) is 17.3 Å². The molecule has 26 heavy (non-hydrogen) atoms. The zero-order valence-electron chi connectivity index (χ0n) is 14.2. The monoisotopic (exact) mass is 373 g/mol. The number of aliphatic carboxylic acids is 1. The minimum Gasteiger partial charge on any atom is -0.480 e. The summed E-state index contributed by atoms with van der Waals surface area (Å²) in [6.07, 6.45) is 4.00. The van der Waals surface area contributed by atoms with Gasteiger partial charge in [0, 0.05) is 41.3 Å². The molecule has 3 rings (SSSR count). The van der Waals surface area contributed by atoms with Crippen molar-refractivity contribution >= 4 is 34.3 Å². The number of anilines is 1. The van der Waals surface area contributed by atoms with Crippen LogP contribution < -0.4 is 11.1 Å². The second-order valence-electron chi connectivity index (χ2n) is 5.98. The molecule has 0 radical (unpaired) electrons. The number of rotatable bonds is 7. The Bertz CT molecular complexity index is 927. The molecule has 0 bridgehead atoms. The molecule has 0 saturated heterocycles. The van der Waals surface area contributed by atoms with E-state index < -0.39 is 12.0 Å². The molecule has 0 aliphatic carbocycles. The first-order chi connectivity index (χ1) is 12.5. The van der Waals surface area contributed by atoms with Gasteiger partial charge in [0.2, 0.25) is 5.28 Å². The maximum Gasteiger partial charge on any atom is 0.326 e. The number of nitrogens with zero attached hydrogens (tertiary/aromatic N) is 2. The summed E-state index contributed by atoms with van der Waals surface area (Å²) in [5.74, 6) is -0.902. The molecule has 8 heteroatoms. The molecular formula is C18H20ClN5O2. The first-order valence-corrected chi connectivity index (χ1v) is 8.69. The molecule has 5 N–H and O–H groups in total. The molecule has 0 aliphatic heterocycles. The molecule has 2 heterocycles. The van der Waals surface area contributed by atoms with E-state index in [1.165, 1.54) is 6.20 Å². The number of para-hydroxylation sites is 1. The summed E-state index contributed by atoms with van der Waals surface area (Å²) in [4.78, 5) is 23.3. The van der Waals surface area contributed by atoms with Gasteiger partial charge in [0.25, 0.3) is 0 Å². The quantitative estimate of drug-likeness (QED) is 0.473. The first-order valence-electron chi connectivity index (χ1n) is 8.32. The van der Waals surface area contributed by atoms with Crippen molar-refractivity contribution in [2.75, 3.05) is 5.32 Å². The van der Waals surface area contributed by atoms with Gasteiger partial charge < -0.3 is 21.1 Å². The van der Waals surface area contributed by atoms with Gasteiger partial charge in [-0.25, -0.2) is 14.8 Å². The lowest BCUT2D eigenvalue weighted by molar-refractivity contribution is -0.138. The second kappa shape index (κ2) is 7.72. The Morgan fingerprint density at radius 2 is 2.19 bits per heavy atom. The molecule has 136 valence electrons. The summed E-state index contributed by atoms with van der Waals surface area (Å²) >= 11 is 5.87. The van der Waals surface area contributed by atoms with Crippen LogP contribution in [0.2, 0.25) is 5.28 Å². The van der Waals surface area contributed by atoms with Crippen LogP contribution in [0.25, 0.3) is 10.9 Å². The Hall–Kier alpha value is -2.64. The first kappa shape index (κ1) is 18.2. The number of carboxylic acids is 1.